The molecule has 1 fully saturated rings. The van der Waals surface area contributed by atoms with Gasteiger partial charge in [-0.15, -0.1) is 0 Å². The quantitative estimate of drug-likeness (QED) is 0.679. The summed E-state index contributed by atoms with van der Waals surface area (Å²) < 4.78 is 5.15. The molecule has 6 nitrogen and oxygen atoms in total. The normalized spacial score (nSPS) is 16.9. The second kappa shape index (κ2) is 10.6. The molecular weight excluding hydrogens is 366 g/mol. The minimum atomic E-state index is -0.409. The van der Waals surface area contributed by atoms with E-state index in [0.717, 1.165) is 37.2 Å². The first kappa shape index (κ1) is 20.9. The predicted molar refractivity (Wildman–Crippen MR) is 113 cm³/mol. The van der Waals surface area contributed by atoms with Crippen LogP contribution in [0.4, 0.5) is 0 Å². The fourth-order valence-corrected chi connectivity index (χ4v) is 3.56. The van der Waals surface area contributed by atoms with Gasteiger partial charge in [0.05, 0.1) is 19.6 Å². The topological polar surface area (TPSA) is 70.7 Å². The molecule has 2 aromatic carbocycles. The van der Waals surface area contributed by atoms with Crippen LogP contribution in [0.5, 0.6) is 5.75 Å². The summed E-state index contributed by atoms with van der Waals surface area (Å²) in [5, 5.41) is 5.83. The Kier molecular flexibility index (Phi) is 7.64. The van der Waals surface area contributed by atoms with Crippen molar-refractivity contribution in [2.75, 3.05) is 33.3 Å². The lowest BCUT2D eigenvalue weighted by Crippen LogP contribution is -2.56. The van der Waals surface area contributed by atoms with Crippen LogP contribution in [0, 0.1) is 0 Å². The monoisotopic (exact) mass is 395 g/mol. The summed E-state index contributed by atoms with van der Waals surface area (Å²) in [6.07, 6.45) is 1.79. The van der Waals surface area contributed by atoms with E-state index in [0.29, 0.717) is 13.1 Å². The number of hydrogen-bond donors (Lipinski definition) is 2. The molecule has 0 saturated carbocycles. The van der Waals surface area contributed by atoms with Crippen molar-refractivity contribution in [2.24, 2.45) is 0 Å². The summed E-state index contributed by atoms with van der Waals surface area (Å²) in [7, 11) is 1.64. The average molecular weight is 396 g/mol. The molecule has 1 atom stereocenters. The number of rotatable bonds is 9. The molecule has 2 amide bonds. The maximum Gasteiger partial charge on any atom is 0.237 e. The van der Waals surface area contributed by atoms with Crippen LogP contribution in [0.25, 0.3) is 0 Å². The van der Waals surface area contributed by atoms with E-state index in [-0.39, 0.29) is 18.2 Å². The highest BCUT2D eigenvalue weighted by molar-refractivity contribution is 5.88. The van der Waals surface area contributed by atoms with E-state index in [1.807, 2.05) is 42.5 Å². The molecule has 154 valence electrons. The highest BCUT2D eigenvalue weighted by Crippen LogP contribution is 2.12. The van der Waals surface area contributed by atoms with Gasteiger partial charge in [-0.2, -0.15) is 0 Å². The lowest BCUT2D eigenvalue weighted by atomic mass is 10.1. The SMILES string of the molecule is COc1ccc(CCNC(=O)CC2C(=O)NCCN2CCc2ccccc2)cc1. The third kappa shape index (κ3) is 6.32. The molecule has 0 radical (unpaired) electrons. The van der Waals surface area contributed by atoms with Crippen LogP contribution in [-0.4, -0.2) is 56.0 Å². The minimum absolute atomic E-state index is 0.0605. The Morgan fingerprint density at radius 1 is 1.10 bits per heavy atom. The van der Waals surface area contributed by atoms with Gasteiger partial charge < -0.3 is 15.4 Å². The van der Waals surface area contributed by atoms with E-state index in [1.165, 1.54) is 5.56 Å². The number of methoxy groups -OCH3 is 1. The second-order valence-electron chi connectivity index (χ2n) is 7.23. The van der Waals surface area contributed by atoms with E-state index >= 15 is 0 Å². The lowest BCUT2D eigenvalue weighted by molar-refractivity contribution is -0.133. The molecule has 1 aliphatic rings. The van der Waals surface area contributed by atoms with Crippen molar-refractivity contribution in [2.45, 2.75) is 25.3 Å². The smallest absolute Gasteiger partial charge is 0.237 e. The van der Waals surface area contributed by atoms with Gasteiger partial charge in [0, 0.05) is 26.2 Å². The number of nitrogens with one attached hydrogen (secondary N) is 2. The molecule has 0 aliphatic carbocycles. The number of ether oxygens (including phenoxy) is 1. The number of hydrogen-bond acceptors (Lipinski definition) is 4. The maximum absolute atomic E-state index is 12.4. The molecule has 1 heterocycles. The maximum atomic E-state index is 12.4. The van der Waals surface area contributed by atoms with Gasteiger partial charge in [-0.05, 0) is 36.1 Å². The molecule has 3 rings (SSSR count). The Hall–Kier alpha value is -2.86. The van der Waals surface area contributed by atoms with Gasteiger partial charge in [0.1, 0.15) is 5.75 Å². The first-order chi connectivity index (χ1) is 14.2. The summed E-state index contributed by atoms with van der Waals surface area (Å²) in [5.74, 6) is 0.663. The van der Waals surface area contributed by atoms with E-state index in [2.05, 4.69) is 27.7 Å². The van der Waals surface area contributed by atoms with Gasteiger partial charge in [-0.3, -0.25) is 14.5 Å². The molecule has 1 saturated heterocycles. The molecule has 2 N–H and O–H groups in total. The highest BCUT2D eigenvalue weighted by atomic mass is 16.5. The predicted octanol–water partition coefficient (Wildman–Crippen LogP) is 1.79. The van der Waals surface area contributed by atoms with Crippen LogP contribution in [-0.2, 0) is 22.4 Å². The van der Waals surface area contributed by atoms with Gasteiger partial charge in [-0.1, -0.05) is 42.5 Å². The van der Waals surface area contributed by atoms with Crippen molar-refractivity contribution in [3.63, 3.8) is 0 Å². The van der Waals surface area contributed by atoms with Crippen LogP contribution >= 0.6 is 0 Å². The van der Waals surface area contributed by atoms with Gasteiger partial charge in [0.25, 0.3) is 0 Å². The van der Waals surface area contributed by atoms with E-state index in [4.69, 9.17) is 4.74 Å². The van der Waals surface area contributed by atoms with Crippen molar-refractivity contribution >= 4 is 11.8 Å². The van der Waals surface area contributed by atoms with Crippen LogP contribution in [0.1, 0.15) is 17.5 Å². The Labute approximate surface area is 172 Å². The third-order valence-corrected chi connectivity index (χ3v) is 5.25. The largest absolute Gasteiger partial charge is 0.497 e. The van der Waals surface area contributed by atoms with Crippen molar-refractivity contribution in [3.8, 4) is 5.75 Å². The zero-order valence-electron chi connectivity index (χ0n) is 16.9. The van der Waals surface area contributed by atoms with Crippen LogP contribution in [0.15, 0.2) is 54.6 Å². The molecular formula is C23H29N3O3. The fraction of sp³-hybridized carbons (Fsp3) is 0.391. The first-order valence-corrected chi connectivity index (χ1v) is 10.1. The van der Waals surface area contributed by atoms with Crippen molar-refractivity contribution < 1.29 is 14.3 Å². The Bertz CT molecular complexity index is 793. The van der Waals surface area contributed by atoms with E-state index in [9.17, 15) is 9.59 Å². The van der Waals surface area contributed by atoms with E-state index < -0.39 is 6.04 Å². The van der Waals surface area contributed by atoms with Gasteiger partial charge in [-0.25, -0.2) is 0 Å². The molecule has 0 spiro atoms. The zero-order chi connectivity index (χ0) is 20.5. The summed E-state index contributed by atoms with van der Waals surface area (Å²) in [4.78, 5) is 26.9. The van der Waals surface area contributed by atoms with Crippen LogP contribution in [0.2, 0.25) is 0 Å². The van der Waals surface area contributed by atoms with Crippen molar-refractivity contribution in [1.82, 2.24) is 15.5 Å². The van der Waals surface area contributed by atoms with Crippen LogP contribution in [0.3, 0.4) is 0 Å². The summed E-state index contributed by atoms with van der Waals surface area (Å²) in [6.45, 7) is 2.70. The van der Waals surface area contributed by atoms with E-state index in [1.54, 1.807) is 7.11 Å². The number of piperazine rings is 1. The summed E-state index contributed by atoms with van der Waals surface area (Å²) in [5.41, 5.74) is 2.37. The number of carbonyl (C=O) groups excluding carboxylic acids is 2. The lowest BCUT2D eigenvalue weighted by Gasteiger charge is -2.34. The molecule has 0 aromatic heterocycles. The Morgan fingerprint density at radius 3 is 2.55 bits per heavy atom. The number of carbonyl (C=O) groups is 2. The standard InChI is InChI=1S/C23H29N3O3/c1-29-20-9-7-19(8-10-20)11-13-24-22(27)17-21-23(28)25-14-16-26(21)15-12-18-5-3-2-4-6-18/h2-10,21H,11-17H2,1H3,(H,24,27)(H,25,28). The third-order valence-electron chi connectivity index (χ3n) is 5.25. The summed E-state index contributed by atoms with van der Waals surface area (Å²) in [6, 6.07) is 17.6. The Morgan fingerprint density at radius 2 is 1.83 bits per heavy atom. The molecule has 1 unspecified atom stereocenters. The number of nitrogens with zero attached hydrogens (tertiary/aromatic N) is 1. The fourth-order valence-electron chi connectivity index (χ4n) is 3.56. The molecule has 6 heteroatoms. The van der Waals surface area contributed by atoms with Crippen molar-refractivity contribution in [3.05, 3.63) is 65.7 Å². The number of benzene rings is 2. The molecule has 1 aliphatic heterocycles. The molecule has 2 aromatic rings. The number of amides is 2. The Balaban J connectivity index is 1.47. The molecule has 0 bridgehead atoms. The minimum Gasteiger partial charge on any atom is -0.497 e. The first-order valence-electron chi connectivity index (χ1n) is 10.1. The average Bonchev–Trinajstić information content (AvgIpc) is 2.75. The van der Waals surface area contributed by atoms with Gasteiger partial charge in [0.15, 0.2) is 0 Å². The van der Waals surface area contributed by atoms with Crippen LogP contribution < -0.4 is 15.4 Å². The zero-order valence-corrected chi connectivity index (χ0v) is 16.9. The highest BCUT2D eigenvalue weighted by Gasteiger charge is 2.31. The second-order valence-corrected chi connectivity index (χ2v) is 7.23. The van der Waals surface area contributed by atoms with Gasteiger partial charge in [0.2, 0.25) is 11.8 Å². The summed E-state index contributed by atoms with van der Waals surface area (Å²) >= 11 is 0. The molecule has 29 heavy (non-hydrogen) atoms. The van der Waals surface area contributed by atoms with Gasteiger partial charge >= 0.3 is 0 Å². The van der Waals surface area contributed by atoms with Crippen molar-refractivity contribution in [1.29, 1.82) is 0 Å².